The second kappa shape index (κ2) is 7.30. The number of anilines is 1. The molecule has 3 rings (SSSR count). The summed E-state index contributed by atoms with van der Waals surface area (Å²) in [5, 5.41) is 2.70. The van der Waals surface area contributed by atoms with Crippen LogP contribution in [0.5, 0.6) is 0 Å². The fraction of sp³-hybridized carbons (Fsp3) is 0.150. The van der Waals surface area contributed by atoms with Gasteiger partial charge in [-0.15, -0.1) is 0 Å². The lowest BCUT2D eigenvalue weighted by Crippen LogP contribution is -2.19. The number of amides is 1. The number of rotatable bonds is 5. The van der Waals surface area contributed by atoms with E-state index < -0.39 is 0 Å². The Morgan fingerprint density at radius 2 is 1.84 bits per heavy atom. The van der Waals surface area contributed by atoms with Gasteiger partial charge in [-0.1, -0.05) is 18.2 Å². The van der Waals surface area contributed by atoms with E-state index in [4.69, 9.17) is 0 Å². The van der Waals surface area contributed by atoms with Crippen LogP contribution >= 0.6 is 0 Å². The minimum atomic E-state index is -0.370. The number of nitrogens with zero attached hydrogens (tertiary/aromatic N) is 1. The molecule has 1 heterocycles. The van der Waals surface area contributed by atoms with Gasteiger partial charge in [-0.05, 0) is 54.4 Å². The van der Waals surface area contributed by atoms with E-state index >= 15 is 0 Å². The minimum Gasteiger partial charge on any atom is -0.346 e. The van der Waals surface area contributed by atoms with Crippen LogP contribution in [0.25, 0.3) is 0 Å². The summed E-state index contributed by atoms with van der Waals surface area (Å²) in [6.45, 7) is 1.66. The molecule has 0 saturated carbocycles. The van der Waals surface area contributed by atoms with Gasteiger partial charge < -0.3 is 9.88 Å². The molecule has 128 valence electrons. The van der Waals surface area contributed by atoms with Crippen LogP contribution in [-0.2, 0) is 4.79 Å². The van der Waals surface area contributed by atoms with Gasteiger partial charge in [0.05, 0.1) is 12.5 Å². The van der Waals surface area contributed by atoms with Crippen molar-refractivity contribution in [1.82, 2.24) is 4.57 Å². The Labute approximate surface area is 144 Å². The van der Waals surface area contributed by atoms with Gasteiger partial charge in [0.15, 0.2) is 0 Å². The summed E-state index contributed by atoms with van der Waals surface area (Å²) < 4.78 is 29.1. The highest BCUT2D eigenvalue weighted by atomic mass is 19.1. The standard InChI is InChI=1S/C20H18F2N2O/c1-14-7-8-17(12-18(14)22)23-20(25)13-19(24-9-2-3-10-24)15-5-4-6-16(21)11-15/h2-12,19H,13H2,1H3,(H,23,25). The normalized spacial score (nSPS) is 12.0. The van der Waals surface area contributed by atoms with Crippen molar-refractivity contribution < 1.29 is 13.6 Å². The molecule has 25 heavy (non-hydrogen) atoms. The molecule has 0 saturated heterocycles. The molecule has 0 aliphatic heterocycles. The predicted octanol–water partition coefficient (Wildman–Crippen LogP) is 4.69. The van der Waals surface area contributed by atoms with E-state index in [-0.39, 0.29) is 30.0 Å². The summed E-state index contributed by atoms with van der Waals surface area (Å²) in [7, 11) is 0. The molecule has 0 fully saturated rings. The number of halogens is 2. The first-order valence-electron chi connectivity index (χ1n) is 7.97. The summed E-state index contributed by atoms with van der Waals surface area (Å²) in [4.78, 5) is 12.4. The number of aromatic nitrogens is 1. The van der Waals surface area contributed by atoms with Crippen molar-refractivity contribution in [2.75, 3.05) is 5.32 Å². The molecule has 0 bridgehead atoms. The van der Waals surface area contributed by atoms with E-state index in [0.29, 0.717) is 16.8 Å². The topological polar surface area (TPSA) is 34.0 Å². The Morgan fingerprint density at radius 3 is 2.52 bits per heavy atom. The molecule has 1 N–H and O–H groups in total. The molecule has 3 aromatic rings. The van der Waals surface area contributed by atoms with Crippen LogP contribution in [0.4, 0.5) is 14.5 Å². The van der Waals surface area contributed by atoms with E-state index in [0.717, 1.165) is 0 Å². The highest BCUT2D eigenvalue weighted by molar-refractivity contribution is 5.91. The lowest BCUT2D eigenvalue weighted by Gasteiger charge is -2.19. The molecule has 1 atom stereocenters. The Balaban J connectivity index is 1.80. The molecule has 5 heteroatoms. The zero-order chi connectivity index (χ0) is 17.8. The lowest BCUT2D eigenvalue weighted by molar-refractivity contribution is -0.116. The van der Waals surface area contributed by atoms with E-state index in [9.17, 15) is 13.6 Å². The summed E-state index contributed by atoms with van der Waals surface area (Å²) in [5.74, 6) is -0.994. The van der Waals surface area contributed by atoms with Gasteiger partial charge in [0, 0.05) is 18.1 Å². The monoisotopic (exact) mass is 340 g/mol. The van der Waals surface area contributed by atoms with Crippen LogP contribution in [0.3, 0.4) is 0 Å². The average molecular weight is 340 g/mol. The van der Waals surface area contributed by atoms with Crippen molar-refractivity contribution in [3.63, 3.8) is 0 Å². The largest absolute Gasteiger partial charge is 0.346 e. The molecule has 3 nitrogen and oxygen atoms in total. The van der Waals surface area contributed by atoms with Crippen LogP contribution in [0, 0.1) is 18.6 Å². The summed E-state index contributed by atoms with van der Waals surface area (Å²) in [6.07, 6.45) is 3.76. The van der Waals surface area contributed by atoms with E-state index in [1.54, 1.807) is 31.2 Å². The number of benzene rings is 2. The van der Waals surface area contributed by atoms with Gasteiger partial charge >= 0.3 is 0 Å². The van der Waals surface area contributed by atoms with Gasteiger partial charge in [0.2, 0.25) is 5.91 Å². The van der Waals surface area contributed by atoms with Crippen LogP contribution in [0.2, 0.25) is 0 Å². The van der Waals surface area contributed by atoms with Gasteiger partial charge in [-0.3, -0.25) is 4.79 Å². The Hall–Kier alpha value is -2.95. The third-order valence-corrected chi connectivity index (χ3v) is 4.06. The highest BCUT2D eigenvalue weighted by Crippen LogP contribution is 2.24. The van der Waals surface area contributed by atoms with Crippen molar-refractivity contribution in [1.29, 1.82) is 0 Å². The summed E-state index contributed by atoms with van der Waals surface area (Å²) in [6, 6.07) is 14.1. The summed E-state index contributed by atoms with van der Waals surface area (Å²) in [5.41, 5.74) is 1.61. The maximum absolute atomic E-state index is 13.6. The fourth-order valence-corrected chi connectivity index (χ4v) is 2.72. The third-order valence-electron chi connectivity index (χ3n) is 4.06. The first-order chi connectivity index (χ1) is 12.0. The number of hydrogen-bond acceptors (Lipinski definition) is 1. The Bertz CT molecular complexity index is 875. The van der Waals surface area contributed by atoms with Crippen molar-refractivity contribution in [2.45, 2.75) is 19.4 Å². The first kappa shape index (κ1) is 16.9. The molecule has 0 aliphatic carbocycles. The molecule has 0 aliphatic rings. The van der Waals surface area contributed by atoms with Crippen molar-refractivity contribution >= 4 is 11.6 Å². The Kier molecular flexibility index (Phi) is 4.93. The molecule has 0 radical (unpaired) electrons. The third kappa shape index (κ3) is 4.12. The van der Waals surface area contributed by atoms with Crippen LogP contribution in [0.1, 0.15) is 23.6 Å². The number of carbonyl (C=O) groups excluding carboxylic acids is 1. The van der Waals surface area contributed by atoms with Gasteiger partial charge in [0.25, 0.3) is 0 Å². The lowest BCUT2D eigenvalue weighted by atomic mass is 10.0. The summed E-state index contributed by atoms with van der Waals surface area (Å²) >= 11 is 0. The molecular formula is C20H18F2N2O. The van der Waals surface area contributed by atoms with E-state index in [2.05, 4.69) is 5.32 Å². The molecule has 1 aromatic heterocycles. The minimum absolute atomic E-state index is 0.105. The van der Waals surface area contributed by atoms with Gasteiger partial charge in [-0.25, -0.2) is 8.78 Å². The molecule has 2 aromatic carbocycles. The fourth-order valence-electron chi connectivity index (χ4n) is 2.72. The molecular weight excluding hydrogens is 322 g/mol. The molecule has 0 spiro atoms. The zero-order valence-corrected chi connectivity index (χ0v) is 13.7. The van der Waals surface area contributed by atoms with Crippen molar-refractivity contribution in [2.24, 2.45) is 0 Å². The molecule has 1 amide bonds. The maximum Gasteiger partial charge on any atom is 0.226 e. The Morgan fingerprint density at radius 1 is 1.08 bits per heavy atom. The van der Waals surface area contributed by atoms with Crippen LogP contribution < -0.4 is 5.32 Å². The average Bonchev–Trinajstić information content (AvgIpc) is 3.10. The SMILES string of the molecule is Cc1ccc(NC(=O)CC(c2cccc(F)c2)n2cccc2)cc1F. The number of nitrogens with one attached hydrogen (secondary N) is 1. The molecule has 1 unspecified atom stereocenters. The predicted molar refractivity (Wildman–Crippen MR) is 93.4 cm³/mol. The second-order valence-corrected chi connectivity index (χ2v) is 5.92. The first-order valence-corrected chi connectivity index (χ1v) is 7.97. The van der Waals surface area contributed by atoms with Crippen LogP contribution in [0.15, 0.2) is 67.0 Å². The number of aryl methyl sites for hydroxylation is 1. The second-order valence-electron chi connectivity index (χ2n) is 5.92. The van der Waals surface area contributed by atoms with Crippen molar-refractivity contribution in [3.05, 3.63) is 89.8 Å². The smallest absolute Gasteiger partial charge is 0.226 e. The zero-order valence-electron chi connectivity index (χ0n) is 13.7. The number of hydrogen-bond donors (Lipinski definition) is 1. The maximum atomic E-state index is 13.6. The van der Waals surface area contributed by atoms with E-state index in [1.807, 2.05) is 29.1 Å². The van der Waals surface area contributed by atoms with Crippen LogP contribution in [-0.4, -0.2) is 10.5 Å². The quantitative estimate of drug-likeness (QED) is 0.718. The highest BCUT2D eigenvalue weighted by Gasteiger charge is 2.18. The van der Waals surface area contributed by atoms with Gasteiger partial charge in [0.1, 0.15) is 11.6 Å². The van der Waals surface area contributed by atoms with Crippen molar-refractivity contribution in [3.8, 4) is 0 Å². The van der Waals surface area contributed by atoms with E-state index in [1.165, 1.54) is 18.2 Å². The van der Waals surface area contributed by atoms with Gasteiger partial charge in [-0.2, -0.15) is 0 Å². The number of carbonyl (C=O) groups is 1.